The number of nitrogens with one attached hydrogen (secondary N) is 1. The number of carbonyl (C=O) groups is 1. The van der Waals surface area contributed by atoms with Crippen LogP contribution in [0.3, 0.4) is 0 Å². The maximum absolute atomic E-state index is 12.0. The third-order valence-electron chi connectivity index (χ3n) is 3.17. The predicted molar refractivity (Wildman–Crippen MR) is 89.7 cm³/mol. The van der Waals surface area contributed by atoms with Gasteiger partial charge in [0.2, 0.25) is 0 Å². The van der Waals surface area contributed by atoms with Crippen LogP contribution in [0, 0.1) is 0 Å². The minimum Gasteiger partial charge on any atom is -0.444 e. The average molecular weight is 357 g/mol. The van der Waals surface area contributed by atoms with E-state index >= 15 is 0 Å². The van der Waals surface area contributed by atoms with Crippen LogP contribution in [-0.4, -0.2) is 11.1 Å². The molecule has 0 aliphatic rings. The van der Waals surface area contributed by atoms with Crippen molar-refractivity contribution in [1.82, 2.24) is 4.98 Å². The lowest BCUT2D eigenvalue weighted by Crippen LogP contribution is -2.14. The standard InChI is InChI=1S/C17H13BrN2O2/c18-14-8-9-15-13(7-4-10-19-15)16(14)20-17(21)22-11-12-5-2-1-3-6-12/h1-10H,11H2,(H,20,21). The van der Waals surface area contributed by atoms with Crippen molar-refractivity contribution < 1.29 is 9.53 Å². The quantitative estimate of drug-likeness (QED) is 0.736. The first-order chi connectivity index (χ1) is 10.7. The summed E-state index contributed by atoms with van der Waals surface area (Å²) in [4.78, 5) is 16.3. The van der Waals surface area contributed by atoms with E-state index in [1.165, 1.54) is 0 Å². The second-order valence-corrected chi connectivity index (χ2v) is 5.53. The molecule has 4 nitrogen and oxygen atoms in total. The normalized spacial score (nSPS) is 10.4. The van der Waals surface area contributed by atoms with E-state index in [4.69, 9.17) is 4.74 Å². The molecule has 0 bridgehead atoms. The number of ether oxygens (including phenoxy) is 1. The lowest BCUT2D eigenvalue weighted by atomic mass is 10.2. The second kappa shape index (κ2) is 6.58. The molecule has 0 aliphatic carbocycles. The molecule has 1 aromatic heterocycles. The molecular formula is C17H13BrN2O2. The second-order valence-electron chi connectivity index (χ2n) is 4.68. The Balaban J connectivity index is 1.75. The molecule has 3 rings (SSSR count). The Morgan fingerprint density at radius 2 is 1.91 bits per heavy atom. The highest BCUT2D eigenvalue weighted by Crippen LogP contribution is 2.30. The summed E-state index contributed by atoms with van der Waals surface area (Å²) >= 11 is 3.44. The van der Waals surface area contributed by atoms with Gasteiger partial charge in [0, 0.05) is 16.1 Å². The number of hydrogen-bond acceptors (Lipinski definition) is 3. The van der Waals surface area contributed by atoms with Crippen LogP contribution >= 0.6 is 15.9 Å². The Kier molecular flexibility index (Phi) is 4.34. The Morgan fingerprint density at radius 3 is 2.73 bits per heavy atom. The van der Waals surface area contributed by atoms with Gasteiger partial charge in [-0.25, -0.2) is 4.79 Å². The smallest absolute Gasteiger partial charge is 0.412 e. The van der Waals surface area contributed by atoms with Crippen LogP contribution in [0.15, 0.2) is 65.3 Å². The Morgan fingerprint density at radius 1 is 1.09 bits per heavy atom. The van der Waals surface area contributed by atoms with Gasteiger partial charge in [-0.15, -0.1) is 0 Å². The molecule has 0 aliphatic heterocycles. The highest BCUT2D eigenvalue weighted by molar-refractivity contribution is 9.10. The fourth-order valence-electron chi connectivity index (χ4n) is 2.11. The number of halogens is 1. The van der Waals surface area contributed by atoms with Crippen molar-refractivity contribution in [3.8, 4) is 0 Å². The number of pyridine rings is 1. The molecule has 0 unspecified atom stereocenters. The predicted octanol–water partition coefficient (Wildman–Crippen LogP) is 4.75. The van der Waals surface area contributed by atoms with Crippen molar-refractivity contribution in [1.29, 1.82) is 0 Å². The van der Waals surface area contributed by atoms with Gasteiger partial charge in [0.25, 0.3) is 0 Å². The van der Waals surface area contributed by atoms with E-state index in [9.17, 15) is 4.79 Å². The summed E-state index contributed by atoms with van der Waals surface area (Å²) in [6.07, 6.45) is 1.22. The Labute approximate surface area is 136 Å². The molecule has 110 valence electrons. The van der Waals surface area contributed by atoms with Crippen molar-refractivity contribution in [3.05, 3.63) is 70.8 Å². The number of amides is 1. The summed E-state index contributed by atoms with van der Waals surface area (Å²) in [6.45, 7) is 0.229. The molecule has 1 amide bonds. The van der Waals surface area contributed by atoms with Gasteiger partial charge in [-0.3, -0.25) is 10.3 Å². The molecule has 3 aromatic rings. The van der Waals surface area contributed by atoms with Crippen molar-refractivity contribution in [2.24, 2.45) is 0 Å². The molecule has 5 heteroatoms. The summed E-state index contributed by atoms with van der Waals surface area (Å²) < 4.78 is 6.03. The van der Waals surface area contributed by atoms with Gasteiger partial charge in [-0.2, -0.15) is 0 Å². The Bertz CT molecular complexity index is 806. The molecule has 0 fully saturated rings. The summed E-state index contributed by atoms with van der Waals surface area (Å²) in [5.41, 5.74) is 2.41. The lowest BCUT2D eigenvalue weighted by molar-refractivity contribution is 0.155. The van der Waals surface area contributed by atoms with Crippen molar-refractivity contribution in [2.45, 2.75) is 6.61 Å². The number of hydrogen-bond donors (Lipinski definition) is 1. The third-order valence-corrected chi connectivity index (χ3v) is 3.83. The first kappa shape index (κ1) is 14.5. The fourth-order valence-corrected chi connectivity index (χ4v) is 2.56. The molecule has 0 saturated carbocycles. The van der Waals surface area contributed by atoms with E-state index < -0.39 is 6.09 Å². The summed E-state index contributed by atoms with van der Waals surface area (Å²) in [7, 11) is 0. The van der Waals surface area contributed by atoms with Gasteiger partial charge in [0.05, 0.1) is 11.2 Å². The van der Waals surface area contributed by atoms with Crippen LogP contribution in [0.4, 0.5) is 10.5 Å². The highest BCUT2D eigenvalue weighted by atomic mass is 79.9. The number of aromatic nitrogens is 1. The van der Waals surface area contributed by atoms with Gasteiger partial charge < -0.3 is 4.74 Å². The van der Waals surface area contributed by atoms with Crippen LogP contribution < -0.4 is 5.32 Å². The van der Waals surface area contributed by atoms with Crippen LogP contribution in [0.25, 0.3) is 10.9 Å². The topological polar surface area (TPSA) is 51.2 Å². The lowest BCUT2D eigenvalue weighted by Gasteiger charge is -2.11. The number of rotatable bonds is 3. The first-order valence-electron chi connectivity index (χ1n) is 6.75. The zero-order chi connectivity index (χ0) is 15.4. The number of benzene rings is 2. The zero-order valence-electron chi connectivity index (χ0n) is 11.6. The van der Waals surface area contributed by atoms with Crippen LogP contribution in [-0.2, 0) is 11.3 Å². The maximum atomic E-state index is 12.0. The summed E-state index contributed by atoms with van der Waals surface area (Å²) in [6, 6.07) is 17.0. The van der Waals surface area contributed by atoms with Gasteiger partial charge in [0.1, 0.15) is 6.61 Å². The van der Waals surface area contributed by atoms with Crippen molar-refractivity contribution in [2.75, 3.05) is 5.32 Å². The zero-order valence-corrected chi connectivity index (χ0v) is 13.2. The summed E-state index contributed by atoms with van der Waals surface area (Å²) in [5.74, 6) is 0. The molecule has 1 heterocycles. The van der Waals surface area contributed by atoms with E-state index in [1.54, 1.807) is 6.20 Å². The van der Waals surface area contributed by atoms with Gasteiger partial charge >= 0.3 is 6.09 Å². The van der Waals surface area contributed by atoms with Gasteiger partial charge in [-0.05, 0) is 45.8 Å². The highest BCUT2D eigenvalue weighted by Gasteiger charge is 2.11. The number of anilines is 1. The van der Waals surface area contributed by atoms with Crippen LogP contribution in [0.2, 0.25) is 0 Å². The molecular weight excluding hydrogens is 344 g/mol. The largest absolute Gasteiger partial charge is 0.444 e. The molecule has 1 N–H and O–H groups in total. The molecule has 22 heavy (non-hydrogen) atoms. The SMILES string of the molecule is O=C(Nc1c(Br)ccc2ncccc12)OCc1ccccc1. The van der Waals surface area contributed by atoms with Crippen LogP contribution in [0.5, 0.6) is 0 Å². The minimum atomic E-state index is -0.499. The summed E-state index contributed by atoms with van der Waals surface area (Å²) in [5, 5.41) is 3.63. The first-order valence-corrected chi connectivity index (χ1v) is 7.54. The van der Waals surface area contributed by atoms with Crippen molar-refractivity contribution in [3.63, 3.8) is 0 Å². The van der Waals surface area contributed by atoms with E-state index in [0.29, 0.717) is 5.69 Å². The minimum absolute atomic E-state index is 0.229. The average Bonchev–Trinajstić information content (AvgIpc) is 2.56. The van der Waals surface area contributed by atoms with Crippen LogP contribution in [0.1, 0.15) is 5.56 Å². The molecule has 0 spiro atoms. The number of nitrogens with zero attached hydrogens (tertiary/aromatic N) is 1. The van der Waals surface area contributed by atoms with Gasteiger partial charge in [-0.1, -0.05) is 30.3 Å². The van der Waals surface area contributed by atoms with E-state index in [2.05, 4.69) is 26.2 Å². The number of carbonyl (C=O) groups excluding carboxylic acids is 1. The number of fused-ring (bicyclic) bond motifs is 1. The fraction of sp³-hybridized carbons (Fsp3) is 0.0588. The monoisotopic (exact) mass is 356 g/mol. The molecule has 0 atom stereocenters. The molecule has 2 aromatic carbocycles. The van der Waals surface area contributed by atoms with E-state index in [-0.39, 0.29) is 6.61 Å². The van der Waals surface area contributed by atoms with Gasteiger partial charge in [0.15, 0.2) is 0 Å². The van der Waals surface area contributed by atoms with E-state index in [0.717, 1.165) is 20.9 Å². The third kappa shape index (κ3) is 3.26. The van der Waals surface area contributed by atoms with E-state index in [1.807, 2.05) is 54.6 Å². The molecule has 0 radical (unpaired) electrons. The molecule has 0 saturated heterocycles. The van der Waals surface area contributed by atoms with Crippen molar-refractivity contribution >= 4 is 38.6 Å². The Hall–Kier alpha value is -2.40. The maximum Gasteiger partial charge on any atom is 0.412 e.